The zero-order valence-corrected chi connectivity index (χ0v) is 13.3. The molecule has 7 heteroatoms. The third-order valence-electron chi connectivity index (χ3n) is 4.15. The number of ether oxygens (including phenoxy) is 2. The highest BCUT2D eigenvalue weighted by Gasteiger charge is 2.22. The maximum atomic E-state index is 13.4. The van der Waals surface area contributed by atoms with Gasteiger partial charge in [0.05, 0.1) is 13.7 Å². The number of nitrogens with one attached hydrogen (secondary N) is 1. The fraction of sp³-hybridized carbons (Fsp3) is 0.353. The second-order valence-corrected chi connectivity index (χ2v) is 5.71. The van der Waals surface area contributed by atoms with Crippen molar-refractivity contribution in [2.75, 3.05) is 26.7 Å². The van der Waals surface area contributed by atoms with Crippen LogP contribution in [0.15, 0.2) is 35.9 Å². The molecule has 128 valence electrons. The van der Waals surface area contributed by atoms with Crippen molar-refractivity contribution in [3.8, 4) is 0 Å². The first kappa shape index (κ1) is 16.3. The number of aliphatic hydroxyl groups is 1. The molecular formula is C17H19FN2O4. The number of rotatable bonds is 4. The molecule has 3 rings (SSSR count). The van der Waals surface area contributed by atoms with Gasteiger partial charge in [-0.2, -0.15) is 0 Å². The highest BCUT2D eigenvalue weighted by molar-refractivity contribution is 5.83. The number of fused-ring (bicyclic) bond motifs is 1. The van der Waals surface area contributed by atoms with Gasteiger partial charge in [-0.05, 0) is 30.2 Å². The molecule has 0 aliphatic carbocycles. The lowest BCUT2D eigenvalue weighted by molar-refractivity contribution is 0.0791. The Hall–Kier alpha value is -2.54. The van der Waals surface area contributed by atoms with Crippen molar-refractivity contribution in [2.24, 2.45) is 0 Å². The summed E-state index contributed by atoms with van der Waals surface area (Å²) in [7, 11) is 1.22. The molecule has 1 aromatic heterocycles. The molecule has 0 amide bonds. The van der Waals surface area contributed by atoms with Crippen LogP contribution < -0.4 is 0 Å². The van der Waals surface area contributed by atoms with E-state index in [2.05, 4.69) is 14.6 Å². The van der Waals surface area contributed by atoms with Gasteiger partial charge in [-0.3, -0.25) is 4.90 Å². The SMILES string of the molecule is COC(=O)OC1=C(O)CCN(CCc2c[nH]c3ccc(F)cc23)C1. The fourth-order valence-electron chi connectivity index (χ4n) is 2.84. The molecule has 6 nitrogen and oxygen atoms in total. The first-order chi connectivity index (χ1) is 11.6. The van der Waals surface area contributed by atoms with E-state index in [0.717, 1.165) is 22.9 Å². The third kappa shape index (κ3) is 3.51. The normalized spacial score (nSPS) is 15.8. The Labute approximate surface area is 138 Å². The van der Waals surface area contributed by atoms with Crippen molar-refractivity contribution in [1.82, 2.24) is 9.88 Å². The standard InChI is InChI=1S/C17H19FN2O4/c1-23-17(22)24-16-10-20(7-5-15(16)21)6-4-11-9-19-14-3-2-12(18)8-13(11)14/h2-3,8-9,19,21H,4-7,10H2,1H3. The average Bonchev–Trinajstić information content (AvgIpc) is 2.97. The lowest BCUT2D eigenvalue weighted by atomic mass is 10.1. The number of aromatic nitrogens is 1. The molecule has 24 heavy (non-hydrogen) atoms. The van der Waals surface area contributed by atoms with Crippen molar-refractivity contribution < 1.29 is 23.8 Å². The molecule has 0 radical (unpaired) electrons. The summed E-state index contributed by atoms with van der Waals surface area (Å²) < 4.78 is 22.8. The Morgan fingerprint density at radius 3 is 3.08 bits per heavy atom. The molecule has 0 spiro atoms. The third-order valence-corrected chi connectivity index (χ3v) is 4.15. The van der Waals surface area contributed by atoms with Gasteiger partial charge in [0.2, 0.25) is 0 Å². The summed E-state index contributed by atoms with van der Waals surface area (Å²) in [6, 6.07) is 4.67. The van der Waals surface area contributed by atoms with E-state index in [1.165, 1.54) is 19.2 Å². The van der Waals surface area contributed by atoms with Crippen LogP contribution in [-0.4, -0.2) is 47.9 Å². The van der Waals surface area contributed by atoms with Crippen molar-refractivity contribution in [1.29, 1.82) is 0 Å². The Morgan fingerprint density at radius 1 is 1.46 bits per heavy atom. The molecule has 0 unspecified atom stereocenters. The van der Waals surface area contributed by atoms with Gasteiger partial charge in [-0.15, -0.1) is 0 Å². The van der Waals surface area contributed by atoms with Gasteiger partial charge in [0, 0.05) is 36.6 Å². The molecule has 0 bridgehead atoms. The molecule has 2 aromatic rings. The number of nitrogens with zero attached hydrogens (tertiary/aromatic N) is 1. The monoisotopic (exact) mass is 334 g/mol. The Balaban J connectivity index is 1.64. The van der Waals surface area contributed by atoms with Crippen LogP contribution >= 0.6 is 0 Å². The quantitative estimate of drug-likeness (QED) is 0.841. The molecule has 0 fully saturated rings. The summed E-state index contributed by atoms with van der Waals surface area (Å²) in [4.78, 5) is 16.4. The van der Waals surface area contributed by atoms with Crippen molar-refractivity contribution in [3.63, 3.8) is 0 Å². The average molecular weight is 334 g/mol. The van der Waals surface area contributed by atoms with Crippen molar-refractivity contribution in [3.05, 3.63) is 47.3 Å². The zero-order chi connectivity index (χ0) is 17.1. The summed E-state index contributed by atoms with van der Waals surface area (Å²) in [6.45, 7) is 1.69. The Kier molecular flexibility index (Phi) is 4.71. The van der Waals surface area contributed by atoms with Gasteiger partial charge in [-0.1, -0.05) is 0 Å². The van der Waals surface area contributed by atoms with E-state index in [0.29, 0.717) is 26.1 Å². The number of hydrogen-bond donors (Lipinski definition) is 2. The van der Waals surface area contributed by atoms with Gasteiger partial charge >= 0.3 is 6.16 Å². The first-order valence-electron chi connectivity index (χ1n) is 7.71. The van der Waals surface area contributed by atoms with Crippen molar-refractivity contribution >= 4 is 17.1 Å². The largest absolute Gasteiger partial charge is 0.513 e. The molecule has 0 saturated carbocycles. The van der Waals surface area contributed by atoms with Gasteiger partial charge in [0.15, 0.2) is 5.76 Å². The minimum absolute atomic E-state index is 0.0748. The second-order valence-electron chi connectivity index (χ2n) is 5.71. The smallest absolute Gasteiger partial charge is 0.509 e. The van der Waals surface area contributed by atoms with Crippen molar-refractivity contribution in [2.45, 2.75) is 12.8 Å². The van der Waals surface area contributed by atoms with Crippen LogP contribution in [0.4, 0.5) is 9.18 Å². The Morgan fingerprint density at radius 2 is 2.29 bits per heavy atom. The number of H-pyrrole nitrogens is 1. The maximum absolute atomic E-state index is 13.4. The van der Waals surface area contributed by atoms with Crippen LogP contribution in [0.5, 0.6) is 0 Å². The van der Waals surface area contributed by atoms with E-state index in [1.807, 2.05) is 6.20 Å². The summed E-state index contributed by atoms with van der Waals surface area (Å²) in [5.41, 5.74) is 1.93. The van der Waals surface area contributed by atoms with Crippen LogP contribution in [0.2, 0.25) is 0 Å². The summed E-state index contributed by atoms with van der Waals surface area (Å²) in [5, 5.41) is 10.7. The highest BCUT2D eigenvalue weighted by Crippen LogP contribution is 2.22. The molecule has 0 saturated heterocycles. The van der Waals surface area contributed by atoms with Crippen LogP contribution in [-0.2, 0) is 15.9 Å². The van der Waals surface area contributed by atoms with E-state index in [-0.39, 0.29) is 17.3 Å². The number of carbonyl (C=O) groups excluding carboxylic acids is 1. The zero-order valence-electron chi connectivity index (χ0n) is 13.3. The predicted molar refractivity (Wildman–Crippen MR) is 86.2 cm³/mol. The Bertz CT molecular complexity index is 784. The minimum atomic E-state index is -0.842. The molecule has 0 atom stereocenters. The topological polar surface area (TPSA) is 74.8 Å². The van der Waals surface area contributed by atoms with E-state index in [1.54, 1.807) is 6.07 Å². The van der Waals surface area contributed by atoms with E-state index in [9.17, 15) is 14.3 Å². The van der Waals surface area contributed by atoms with E-state index < -0.39 is 6.16 Å². The second kappa shape index (κ2) is 6.92. The van der Waals surface area contributed by atoms with E-state index >= 15 is 0 Å². The lowest BCUT2D eigenvalue weighted by Crippen LogP contribution is -2.34. The number of hydrogen-bond acceptors (Lipinski definition) is 5. The number of halogens is 1. The van der Waals surface area contributed by atoms with Crippen LogP contribution in [0, 0.1) is 5.82 Å². The maximum Gasteiger partial charge on any atom is 0.513 e. The first-order valence-corrected chi connectivity index (χ1v) is 7.71. The number of benzene rings is 1. The number of methoxy groups -OCH3 is 1. The summed E-state index contributed by atoms with van der Waals surface area (Å²) >= 11 is 0. The number of carbonyl (C=O) groups is 1. The molecule has 1 aromatic carbocycles. The van der Waals surface area contributed by atoms with Gasteiger partial charge in [0.25, 0.3) is 0 Å². The lowest BCUT2D eigenvalue weighted by Gasteiger charge is -2.27. The van der Waals surface area contributed by atoms with Gasteiger partial charge < -0.3 is 19.6 Å². The summed E-state index contributed by atoms with van der Waals surface area (Å²) in [5.74, 6) is 0.0341. The fourth-order valence-corrected chi connectivity index (χ4v) is 2.84. The van der Waals surface area contributed by atoms with E-state index in [4.69, 9.17) is 4.74 Å². The summed E-state index contributed by atoms with van der Waals surface area (Å²) in [6.07, 6.45) is 2.17. The van der Waals surface area contributed by atoms with Gasteiger partial charge in [-0.25, -0.2) is 9.18 Å². The van der Waals surface area contributed by atoms with Crippen LogP contribution in [0.3, 0.4) is 0 Å². The molecule has 2 heterocycles. The van der Waals surface area contributed by atoms with Gasteiger partial charge in [0.1, 0.15) is 11.6 Å². The minimum Gasteiger partial charge on any atom is -0.509 e. The number of aromatic amines is 1. The molecule has 1 aliphatic rings. The highest BCUT2D eigenvalue weighted by atomic mass is 19.1. The van der Waals surface area contributed by atoms with Crippen LogP contribution in [0.25, 0.3) is 10.9 Å². The molecular weight excluding hydrogens is 315 g/mol. The van der Waals surface area contributed by atoms with Crippen LogP contribution in [0.1, 0.15) is 12.0 Å². The molecule has 1 aliphatic heterocycles. The molecule has 2 N–H and O–H groups in total. The number of aliphatic hydroxyl groups excluding tert-OH is 1. The predicted octanol–water partition coefficient (Wildman–Crippen LogP) is 3.11.